The van der Waals surface area contributed by atoms with Gasteiger partial charge in [0.25, 0.3) is 0 Å². The molecular weight excluding hydrogens is 428 g/mol. The highest BCUT2D eigenvalue weighted by Crippen LogP contribution is 2.37. The summed E-state index contributed by atoms with van der Waals surface area (Å²) < 4.78 is 5.83. The van der Waals surface area contributed by atoms with Crippen LogP contribution in [0.15, 0.2) is 60.9 Å². The number of aliphatic hydroxyl groups excluding tert-OH is 2. The zero-order chi connectivity index (χ0) is 22.2. The molecule has 0 aliphatic carbocycles. The lowest BCUT2D eigenvalue weighted by Crippen LogP contribution is -2.01. The number of nitrogens with zero attached hydrogens (tertiary/aromatic N) is 2. The van der Waals surface area contributed by atoms with E-state index in [1.54, 1.807) is 30.6 Å². The zero-order valence-electron chi connectivity index (χ0n) is 17.2. The molecule has 3 aromatic heterocycles. The molecule has 5 rings (SSSR count). The summed E-state index contributed by atoms with van der Waals surface area (Å²) in [5.74, 6) is 1.81. The fourth-order valence-corrected chi connectivity index (χ4v) is 4.00. The number of aliphatic hydroxyl groups is 2. The third kappa shape index (κ3) is 3.60. The average molecular weight is 449 g/mol. The van der Waals surface area contributed by atoms with Crippen LogP contribution < -0.4 is 4.74 Å². The molecule has 2 aromatic carbocycles. The maximum Gasteiger partial charge on any atom is 0.139 e. The fraction of sp³-hybridized carbons (Fsp3) is 0.167. The van der Waals surface area contributed by atoms with Crippen LogP contribution in [-0.4, -0.2) is 36.8 Å². The van der Waals surface area contributed by atoms with E-state index in [0.29, 0.717) is 44.6 Å². The first-order chi connectivity index (χ1) is 15.5. The van der Waals surface area contributed by atoms with Crippen molar-refractivity contribution in [3.05, 3.63) is 82.9 Å². The molecule has 0 spiro atoms. The summed E-state index contributed by atoms with van der Waals surface area (Å²) in [6.07, 6.45) is 2.40. The molecule has 0 aliphatic rings. The van der Waals surface area contributed by atoms with Crippen LogP contribution >= 0.6 is 11.6 Å². The summed E-state index contributed by atoms with van der Waals surface area (Å²) in [6, 6.07) is 14.6. The molecule has 2 atom stereocenters. The average Bonchev–Trinajstić information content (AvgIpc) is 3.43. The number of halogens is 1. The molecule has 7 nitrogen and oxygen atoms in total. The van der Waals surface area contributed by atoms with Crippen molar-refractivity contribution in [2.45, 2.75) is 18.9 Å². The molecular formula is C24H21ClN4O3. The van der Waals surface area contributed by atoms with Gasteiger partial charge in [-0.1, -0.05) is 42.8 Å². The van der Waals surface area contributed by atoms with Crippen molar-refractivity contribution in [1.29, 1.82) is 0 Å². The van der Waals surface area contributed by atoms with Gasteiger partial charge in [0, 0.05) is 23.2 Å². The topological polar surface area (TPSA) is 107 Å². The van der Waals surface area contributed by atoms with Gasteiger partial charge >= 0.3 is 0 Å². The Morgan fingerprint density at radius 3 is 2.66 bits per heavy atom. The number of imidazole rings is 1. The van der Waals surface area contributed by atoms with Gasteiger partial charge in [0.15, 0.2) is 0 Å². The summed E-state index contributed by atoms with van der Waals surface area (Å²) in [5.41, 5.74) is 3.22. The van der Waals surface area contributed by atoms with Crippen molar-refractivity contribution >= 4 is 33.7 Å². The maximum absolute atomic E-state index is 11.2. The number of aromatic amines is 2. The summed E-state index contributed by atoms with van der Waals surface area (Å²) in [6.45, 7) is 1.86. The Kier molecular flexibility index (Phi) is 5.30. The number of aromatic nitrogens is 4. The number of benzene rings is 2. The molecule has 3 heterocycles. The van der Waals surface area contributed by atoms with Crippen LogP contribution in [0.1, 0.15) is 35.9 Å². The van der Waals surface area contributed by atoms with Crippen LogP contribution in [-0.2, 0) is 0 Å². The van der Waals surface area contributed by atoms with E-state index in [4.69, 9.17) is 16.3 Å². The lowest BCUT2D eigenvalue weighted by Gasteiger charge is -2.14. The lowest BCUT2D eigenvalue weighted by molar-refractivity contribution is 0.222. The molecule has 32 heavy (non-hydrogen) atoms. The summed E-state index contributed by atoms with van der Waals surface area (Å²) in [5, 5.41) is 21.8. The molecule has 0 saturated heterocycles. The molecule has 0 amide bonds. The minimum absolute atomic E-state index is 0.0218. The molecule has 0 saturated carbocycles. The number of pyridine rings is 1. The van der Waals surface area contributed by atoms with Gasteiger partial charge in [-0.3, -0.25) is 0 Å². The number of hydrogen-bond donors (Lipinski definition) is 4. The molecule has 2 unspecified atom stereocenters. The Labute approximate surface area is 188 Å². The summed E-state index contributed by atoms with van der Waals surface area (Å²) >= 11 is 6.53. The number of ether oxygens (including phenoxy) is 1. The Morgan fingerprint density at radius 1 is 1.09 bits per heavy atom. The smallest absolute Gasteiger partial charge is 0.139 e. The molecule has 0 aliphatic heterocycles. The number of H-pyrrole nitrogens is 2. The fourth-order valence-electron chi connectivity index (χ4n) is 3.73. The molecule has 8 heteroatoms. The molecule has 5 aromatic rings. The van der Waals surface area contributed by atoms with Crippen LogP contribution in [0, 0.1) is 0 Å². The van der Waals surface area contributed by atoms with Crippen LogP contribution in [0.2, 0.25) is 5.02 Å². The van der Waals surface area contributed by atoms with Gasteiger partial charge in [0.05, 0.1) is 28.7 Å². The van der Waals surface area contributed by atoms with Gasteiger partial charge in [0.1, 0.15) is 34.6 Å². The SMILES string of the molecule is CC(CO)c1nc2cnc3[nH]cc(C(O)c4ccc(Oc5ccccc5)cc4Cl)c3c2[nH]1. The summed E-state index contributed by atoms with van der Waals surface area (Å²) in [4.78, 5) is 15.4. The minimum Gasteiger partial charge on any atom is -0.457 e. The van der Waals surface area contributed by atoms with E-state index in [9.17, 15) is 10.2 Å². The predicted molar refractivity (Wildman–Crippen MR) is 123 cm³/mol. The maximum atomic E-state index is 11.2. The van der Waals surface area contributed by atoms with Gasteiger partial charge < -0.3 is 24.9 Å². The van der Waals surface area contributed by atoms with Crippen molar-refractivity contribution in [2.24, 2.45) is 0 Å². The summed E-state index contributed by atoms with van der Waals surface area (Å²) in [7, 11) is 0. The van der Waals surface area contributed by atoms with Gasteiger partial charge in [-0.05, 0) is 24.3 Å². The van der Waals surface area contributed by atoms with E-state index in [0.717, 1.165) is 10.9 Å². The van der Waals surface area contributed by atoms with E-state index < -0.39 is 6.10 Å². The van der Waals surface area contributed by atoms with Gasteiger partial charge in [0.2, 0.25) is 0 Å². The van der Waals surface area contributed by atoms with Crippen molar-refractivity contribution in [1.82, 2.24) is 19.9 Å². The van der Waals surface area contributed by atoms with E-state index in [2.05, 4.69) is 19.9 Å². The van der Waals surface area contributed by atoms with Crippen molar-refractivity contribution in [3.8, 4) is 11.5 Å². The monoisotopic (exact) mass is 448 g/mol. The van der Waals surface area contributed by atoms with Crippen molar-refractivity contribution in [3.63, 3.8) is 0 Å². The molecule has 0 fully saturated rings. The van der Waals surface area contributed by atoms with E-state index in [1.807, 2.05) is 37.3 Å². The number of para-hydroxylation sites is 1. The first kappa shape index (κ1) is 20.5. The Hall–Kier alpha value is -3.39. The molecule has 4 N–H and O–H groups in total. The largest absolute Gasteiger partial charge is 0.457 e. The van der Waals surface area contributed by atoms with Gasteiger partial charge in [-0.2, -0.15) is 0 Å². The number of hydrogen-bond acceptors (Lipinski definition) is 5. The van der Waals surface area contributed by atoms with Crippen LogP contribution in [0.25, 0.3) is 22.1 Å². The Morgan fingerprint density at radius 2 is 1.91 bits per heavy atom. The van der Waals surface area contributed by atoms with E-state index >= 15 is 0 Å². The second-order valence-corrected chi connectivity index (χ2v) is 8.10. The predicted octanol–water partition coefficient (Wildman–Crippen LogP) is 5.06. The highest BCUT2D eigenvalue weighted by molar-refractivity contribution is 6.31. The highest BCUT2D eigenvalue weighted by Gasteiger charge is 2.22. The second kappa shape index (κ2) is 8.27. The standard InChI is InChI=1S/C24H21ClN4O3/c1-13(12-30)23-28-19-11-27-24-20(21(19)29-23)17(10-26-24)22(31)16-8-7-15(9-18(16)25)32-14-5-3-2-4-6-14/h2-11,13,22,30-31H,12H2,1H3,(H,26,27)(H,28,29). The molecule has 162 valence electrons. The Bertz CT molecular complexity index is 1400. The van der Waals surface area contributed by atoms with Crippen LogP contribution in [0.5, 0.6) is 11.5 Å². The minimum atomic E-state index is -0.989. The highest BCUT2D eigenvalue weighted by atomic mass is 35.5. The first-order valence-electron chi connectivity index (χ1n) is 10.2. The molecule has 0 bridgehead atoms. The third-order valence-electron chi connectivity index (χ3n) is 5.49. The van der Waals surface area contributed by atoms with Crippen LogP contribution in [0.4, 0.5) is 0 Å². The number of nitrogens with one attached hydrogen (secondary N) is 2. The zero-order valence-corrected chi connectivity index (χ0v) is 18.0. The lowest BCUT2D eigenvalue weighted by atomic mass is 10.0. The number of fused-ring (bicyclic) bond motifs is 3. The normalized spacial score (nSPS) is 13.5. The van der Waals surface area contributed by atoms with Gasteiger partial charge in [-0.15, -0.1) is 0 Å². The van der Waals surface area contributed by atoms with E-state index in [-0.39, 0.29) is 12.5 Å². The van der Waals surface area contributed by atoms with Crippen molar-refractivity contribution < 1.29 is 14.9 Å². The quantitative estimate of drug-likeness (QED) is 0.290. The third-order valence-corrected chi connectivity index (χ3v) is 5.81. The molecule has 0 radical (unpaired) electrons. The first-order valence-corrected chi connectivity index (χ1v) is 10.6. The van der Waals surface area contributed by atoms with Crippen molar-refractivity contribution in [2.75, 3.05) is 6.61 Å². The Balaban J connectivity index is 1.53. The van der Waals surface area contributed by atoms with Gasteiger partial charge in [-0.25, -0.2) is 9.97 Å². The van der Waals surface area contributed by atoms with Crippen LogP contribution in [0.3, 0.4) is 0 Å². The second-order valence-electron chi connectivity index (χ2n) is 7.69. The van der Waals surface area contributed by atoms with E-state index in [1.165, 1.54) is 0 Å². The number of rotatable bonds is 6.